The summed E-state index contributed by atoms with van der Waals surface area (Å²) in [6.45, 7) is 5.24. The smallest absolute Gasteiger partial charge is 0.428 e. The van der Waals surface area contributed by atoms with E-state index in [1.54, 1.807) is 20.8 Å². The molecule has 1 saturated heterocycles. The molecule has 2 heterocycles. The summed E-state index contributed by atoms with van der Waals surface area (Å²) in [5.74, 6) is -0.0449. The Hall–Kier alpha value is -3.78. The van der Waals surface area contributed by atoms with Gasteiger partial charge in [0, 0.05) is 12.7 Å². The van der Waals surface area contributed by atoms with Crippen LogP contribution >= 0.6 is 11.8 Å². The molecule has 0 bridgehead atoms. The minimum Gasteiger partial charge on any atom is -0.478 e. The highest BCUT2D eigenvalue weighted by molar-refractivity contribution is 8.14. The van der Waals surface area contributed by atoms with E-state index in [1.165, 1.54) is 36.2 Å². The predicted octanol–water partition coefficient (Wildman–Crippen LogP) is 6.81. The fraction of sp³-hybridized carbons (Fsp3) is 0.412. The van der Waals surface area contributed by atoms with Crippen molar-refractivity contribution in [3.8, 4) is 5.75 Å². The molecule has 9 nitrogen and oxygen atoms in total. The number of anilines is 1. The van der Waals surface area contributed by atoms with Gasteiger partial charge in [-0.2, -0.15) is 13.2 Å². The Balaban J connectivity index is 1.53. The molecule has 47 heavy (non-hydrogen) atoms. The van der Waals surface area contributed by atoms with Crippen LogP contribution in [0.3, 0.4) is 0 Å². The second-order valence-electron chi connectivity index (χ2n) is 12.2. The van der Waals surface area contributed by atoms with E-state index in [1.807, 2.05) is 60.7 Å². The molecule has 0 radical (unpaired) electrons. The maximum absolute atomic E-state index is 15.0. The van der Waals surface area contributed by atoms with Gasteiger partial charge in [0.1, 0.15) is 41.1 Å². The van der Waals surface area contributed by atoms with Crippen molar-refractivity contribution in [3.05, 3.63) is 96.1 Å². The molecule has 2 N–H and O–H groups in total. The molecule has 2 aliphatic heterocycles. The molecule has 6 atom stereocenters. The zero-order valence-corrected chi connectivity index (χ0v) is 27.2. The van der Waals surface area contributed by atoms with Gasteiger partial charge < -0.3 is 29.4 Å². The highest BCUT2D eigenvalue weighted by atomic mass is 32.2. The van der Waals surface area contributed by atoms with Crippen LogP contribution in [0.15, 0.2) is 89.9 Å². The monoisotopic (exact) mass is 673 g/mol. The maximum Gasteiger partial charge on any atom is 0.428 e. The minimum absolute atomic E-state index is 0.0259. The van der Waals surface area contributed by atoms with Crippen LogP contribution in [0, 0.1) is 0 Å². The summed E-state index contributed by atoms with van der Waals surface area (Å²) in [5, 5.41) is 0.216. The van der Waals surface area contributed by atoms with Gasteiger partial charge in [-0.1, -0.05) is 72.4 Å². The number of fused-ring (bicyclic) bond motifs is 1. The van der Waals surface area contributed by atoms with E-state index < -0.39 is 53.8 Å². The van der Waals surface area contributed by atoms with Crippen LogP contribution in [0.5, 0.6) is 5.75 Å². The number of carbonyl (C=O) groups is 1. The first kappa shape index (κ1) is 34.6. The van der Waals surface area contributed by atoms with Crippen LogP contribution in [-0.4, -0.2) is 70.9 Å². The van der Waals surface area contributed by atoms with Crippen LogP contribution in [0.1, 0.15) is 31.9 Å². The molecule has 1 unspecified atom stereocenters. The summed E-state index contributed by atoms with van der Waals surface area (Å²) in [5.41, 5.74) is 5.95. The average molecular weight is 674 g/mol. The molecule has 0 saturated carbocycles. The number of aliphatic imine (C=N–C) groups is 1. The number of benzene rings is 3. The summed E-state index contributed by atoms with van der Waals surface area (Å²) < 4.78 is 75.0. The van der Waals surface area contributed by atoms with Crippen molar-refractivity contribution in [2.24, 2.45) is 4.99 Å². The normalized spacial score (nSPS) is 23.4. The topological polar surface area (TPSA) is 105 Å². The van der Waals surface area contributed by atoms with E-state index in [2.05, 4.69) is 0 Å². The lowest BCUT2D eigenvalue weighted by atomic mass is 9.93. The molecule has 252 valence electrons. The number of hydrogen-bond donors (Lipinski definition) is 1. The van der Waals surface area contributed by atoms with Gasteiger partial charge in [0.15, 0.2) is 5.17 Å². The van der Waals surface area contributed by atoms with Crippen LogP contribution < -0.4 is 10.5 Å². The third-order valence-electron chi connectivity index (χ3n) is 7.32. The molecule has 5 rings (SSSR count). The second kappa shape index (κ2) is 14.5. The molecule has 2 aliphatic rings. The number of nitrogens with zero attached hydrogens (tertiary/aromatic N) is 2. The standard InChI is InChI=1S/C34H38F3N3O6S/c1-33(2,3)46-32(41)40(4)31-39-25-26(42-19-21-11-7-5-8-12-21)27(43-20-22-13-9-6-10-14-22)28(45-30(25)47-31)29(34(35,36)37)44-24-17-15-23(38)16-18-24/h5-18,25-30H,19-20,38H2,1-4H3/t25-,26-,27+,28+,29?,30-/m1/s1. The van der Waals surface area contributed by atoms with Crippen molar-refractivity contribution in [1.29, 1.82) is 0 Å². The minimum atomic E-state index is -4.88. The first-order valence-corrected chi connectivity index (χ1v) is 15.9. The number of nitrogens with two attached hydrogens (primary N) is 1. The van der Waals surface area contributed by atoms with Crippen LogP contribution in [0.25, 0.3) is 0 Å². The molecular weight excluding hydrogens is 635 g/mol. The summed E-state index contributed by atoms with van der Waals surface area (Å²) in [7, 11) is 1.49. The summed E-state index contributed by atoms with van der Waals surface area (Å²) in [6.07, 6.45) is -12.0. The molecule has 1 fully saturated rings. The van der Waals surface area contributed by atoms with Gasteiger partial charge in [-0.15, -0.1) is 0 Å². The second-order valence-corrected chi connectivity index (χ2v) is 13.3. The van der Waals surface area contributed by atoms with Gasteiger partial charge in [-0.05, 0) is 56.2 Å². The molecular formula is C34H38F3N3O6S. The lowest BCUT2D eigenvalue weighted by Crippen LogP contribution is -2.63. The first-order valence-electron chi connectivity index (χ1n) is 15.0. The number of rotatable bonds is 9. The fourth-order valence-electron chi connectivity index (χ4n) is 5.09. The van der Waals surface area contributed by atoms with Gasteiger partial charge in [0.2, 0.25) is 6.10 Å². The fourth-order valence-corrected chi connectivity index (χ4v) is 6.25. The number of carbonyl (C=O) groups excluding carboxylic acids is 1. The molecule has 0 aromatic heterocycles. The van der Waals surface area contributed by atoms with Crippen LogP contribution in [0.2, 0.25) is 0 Å². The van der Waals surface area contributed by atoms with Crippen molar-refractivity contribution < 1.29 is 41.7 Å². The predicted molar refractivity (Wildman–Crippen MR) is 173 cm³/mol. The quantitative estimate of drug-likeness (QED) is 0.247. The Kier molecular flexibility index (Phi) is 10.7. The highest BCUT2D eigenvalue weighted by Crippen LogP contribution is 2.44. The van der Waals surface area contributed by atoms with Crippen molar-refractivity contribution >= 4 is 28.7 Å². The number of nitrogen functional groups attached to an aromatic ring is 1. The third kappa shape index (κ3) is 8.98. The van der Waals surface area contributed by atoms with Gasteiger partial charge >= 0.3 is 12.3 Å². The first-order chi connectivity index (χ1) is 22.3. The summed E-state index contributed by atoms with van der Waals surface area (Å²) in [6, 6.07) is 23.1. The SMILES string of the molecule is CN(C(=O)OC(C)(C)C)C1=N[C@@H]2[C@@H](OCc3ccccc3)[C@H](OCc3ccccc3)[C@@H](C(Oc3ccc(N)cc3)C(F)(F)F)O[C@@H]2S1. The third-order valence-corrected chi connectivity index (χ3v) is 8.54. The Bertz CT molecular complexity index is 1510. The highest BCUT2D eigenvalue weighted by Gasteiger charge is 2.59. The van der Waals surface area contributed by atoms with E-state index in [9.17, 15) is 18.0 Å². The Morgan fingerprint density at radius 1 is 0.915 bits per heavy atom. The van der Waals surface area contributed by atoms with Gasteiger partial charge in [-0.25, -0.2) is 4.79 Å². The molecule has 0 aliphatic carbocycles. The number of amides is 1. The van der Waals surface area contributed by atoms with E-state index in [4.69, 9.17) is 34.4 Å². The Morgan fingerprint density at radius 2 is 1.47 bits per heavy atom. The van der Waals surface area contributed by atoms with Crippen molar-refractivity contribution in [1.82, 2.24) is 4.90 Å². The van der Waals surface area contributed by atoms with Crippen molar-refractivity contribution in [3.63, 3.8) is 0 Å². The lowest BCUT2D eigenvalue weighted by Gasteiger charge is -2.45. The lowest BCUT2D eigenvalue weighted by molar-refractivity contribution is -0.276. The molecule has 0 spiro atoms. The average Bonchev–Trinajstić information content (AvgIpc) is 3.45. The van der Waals surface area contributed by atoms with Crippen molar-refractivity contribution in [2.75, 3.05) is 12.8 Å². The number of amidine groups is 1. The van der Waals surface area contributed by atoms with E-state index in [-0.39, 0.29) is 24.1 Å². The largest absolute Gasteiger partial charge is 0.478 e. The zero-order valence-electron chi connectivity index (χ0n) is 26.4. The van der Waals surface area contributed by atoms with Gasteiger partial charge in [0.05, 0.1) is 13.2 Å². The number of thioether (sulfide) groups is 1. The zero-order chi connectivity index (χ0) is 33.8. The number of alkyl halides is 3. The van der Waals surface area contributed by atoms with Gasteiger partial charge in [-0.3, -0.25) is 9.89 Å². The van der Waals surface area contributed by atoms with Gasteiger partial charge in [0.25, 0.3) is 0 Å². The maximum atomic E-state index is 15.0. The van der Waals surface area contributed by atoms with Crippen molar-refractivity contribution in [2.45, 2.75) is 81.7 Å². The Morgan fingerprint density at radius 3 is 2.00 bits per heavy atom. The Labute approximate surface area is 276 Å². The number of halogens is 3. The number of hydrogen-bond acceptors (Lipinski definition) is 9. The molecule has 13 heteroatoms. The molecule has 3 aromatic rings. The van der Waals surface area contributed by atoms with E-state index in [0.29, 0.717) is 5.69 Å². The molecule has 1 amide bonds. The van der Waals surface area contributed by atoms with E-state index in [0.717, 1.165) is 22.9 Å². The summed E-state index contributed by atoms with van der Waals surface area (Å²) >= 11 is 1.02. The molecule has 3 aromatic carbocycles. The van der Waals surface area contributed by atoms with Crippen LogP contribution in [-0.2, 0) is 32.2 Å². The van der Waals surface area contributed by atoms with Crippen LogP contribution in [0.4, 0.5) is 23.7 Å². The van der Waals surface area contributed by atoms with E-state index >= 15 is 0 Å². The number of ether oxygens (including phenoxy) is 5. The summed E-state index contributed by atoms with van der Waals surface area (Å²) in [4.78, 5) is 18.9.